The summed E-state index contributed by atoms with van der Waals surface area (Å²) in [5.74, 6) is 0. The highest BCUT2D eigenvalue weighted by Crippen LogP contribution is 2.19. The zero-order chi connectivity index (χ0) is 13.7. The number of nitrogens with one attached hydrogen (secondary N) is 2. The maximum Gasteiger partial charge on any atom is 0.339 e. The maximum absolute atomic E-state index is 11.5. The number of nitrogens with zero attached hydrogens (tertiary/aromatic N) is 1. The second-order valence-corrected chi connectivity index (χ2v) is 5.66. The lowest BCUT2D eigenvalue weighted by atomic mass is 10.3. The Balaban J connectivity index is 1.86. The van der Waals surface area contributed by atoms with Crippen LogP contribution in [0.2, 0.25) is 9.36 Å². The summed E-state index contributed by atoms with van der Waals surface area (Å²) in [7, 11) is 0. The Morgan fingerprint density at radius 3 is 2.79 bits per heavy atom. The highest BCUT2D eigenvalue weighted by molar-refractivity contribution is 7.17. The molecule has 19 heavy (non-hydrogen) atoms. The fraction of sp³-hybridized carbons (Fsp3) is 0. The van der Waals surface area contributed by atoms with Crippen molar-refractivity contribution in [3.05, 3.63) is 50.6 Å². The summed E-state index contributed by atoms with van der Waals surface area (Å²) >= 11 is 12.9. The number of hydrogen-bond acceptors (Lipinski definition) is 3. The quantitative estimate of drug-likeness (QED) is 0.647. The molecule has 1 heterocycles. The average molecular weight is 314 g/mol. The van der Waals surface area contributed by atoms with Crippen LogP contribution in [-0.2, 0) is 0 Å². The van der Waals surface area contributed by atoms with E-state index in [-0.39, 0.29) is 0 Å². The van der Waals surface area contributed by atoms with Crippen molar-refractivity contribution < 1.29 is 4.79 Å². The van der Waals surface area contributed by atoms with Crippen LogP contribution >= 0.6 is 34.5 Å². The summed E-state index contributed by atoms with van der Waals surface area (Å²) < 4.78 is 0.671. The van der Waals surface area contributed by atoms with E-state index in [1.165, 1.54) is 17.6 Å². The number of hydrogen-bond donors (Lipinski definition) is 2. The van der Waals surface area contributed by atoms with Crippen molar-refractivity contribution in [1.82, 2.24) is 5.43 Å². The van der Waals surface area contributed by atoms with Gasteiger partial charge in [0, 0.05) is 15.6 Å². The number of anilines is 1. The van der Waals surface area contributed by atoms with Crippen LogP contribution in [0.1, 0.15) is 4.88 Å². The first-order valence-electron chi connectivity index (χ1n) is 5.24. The van der Waals surface area contributed by atoms with E-state index < -0.39 is 6.03 Å². The van der Waals surface area contributed by atoms with Crippen molar-refractivity contribution >= 4 is 52.5 Å². The molecule has 0 aliphatic rings. The zero-order valence-electron chi connectivity index (χ0n) is 9.56. The van der Waals surface area contributed by atoms with Gasteiger partial charge in [-0.2, -0.15) is 5.10 Å². The standard InChI is InChI=1S/C12H9Cl2N3OS/c13-8-2-1-3-9(6-8)16-12(18)17-15-7-10-4-5-11(14)19-10/h1-7H,(H2,16,17,18)/b15-7+. The summed E-state index contributed by atoms with van der Waals surface area (Å²) in [5, 5.41) is 6.96. The summed E-state index contributed by atoms with van der Waals surface area (Å²) in [5.41, 5.74) is 2.94. The molecule has 1 aromatic heterocycles. The third kappa shape index (κ3) is 4.55. The van der Waals surface area contributed by atoms with Crippen LogP contribution in [0.5, 0.6) is 0 Å². The molecule has 1 aromatic carbocycles. The molecule has 0 unspecified atom stereocenters. The summed E-state index contributed by atoms with van der Waals surface area (Å²) in [6.45, 7) is 0. The molecule has 0 bridgehead atoms. The monoisotopic (exact) mass is 313 g/mol. The Hall–Kier alpha value is -1.56. The molecule has 0 saturated heterocycles. The van der Waals surface area contributed by atoms with E-state index in [1.807, 2.05) is 6.07 Å². The van der Waals surface area contributed by atoms with Crippen molar-refractivity contribution in [2.24, 2.45) is 5.10 Å². The second-order valence-electron chi connectivity index (χ2n) is 3.48. The van der Waals surface area contributed by atoms with Gasteiger partial charge < -0.3 is 5.32 Å². The zero-order valence-corrected chi connectivity index (χ0v) is 11.9. The van der Waals surface area contributed by atoms with E-state index in [1.54, 1.807) is 30.3 Å². The van der Waals surface area contributed by atoms with Crippen LogP contribution in [0.4, 0.5) is 10.5 Å². The number of rotatable bonds is 3. The van der Waals surface area contributed by atoms with E-state index in [4.69, 9.17) is 23.2 Å². The largest absolute Gasteiger partial charge is 0.339 e. The number of thiophene rings is 1. The Labute approximate surface area is 124 Å². The molecule has 7 heteroatoms. The highest BCUT2D eigenvalue weighted by Gasteiger charge is 2.00. The number of urea groups is 1. The van der Waals surface area contributed by atoms with Crippen LogP contribution in [0.25, 0.3) is 0 Å². The first-order valence-corrected chi connectivity index (χ1v) is 6.82. The number of amides is 2. The van der Waals surface area contributed by atoms with Gasteiger partial charge in [0.05, 0.1) is 10.6 Å². The number of carbonyl (C=O) groups excluding carboxylic acids is 1. The molecule has 0 fully saturated rings. The molecule has 0 saturated carbocycles. The van der Waals surface area contributed by atoms with E-state index >= 15 is 0 Å². The predicted molar refractivity (Wildman–Crippen MR) is 80.5 cm³/mol. The molecular formula is C12H9Cl2N3OS. The summed E-state index contributed by atoms with van der Waals surface area (Å²) in [6.07, 6.45) is 1.52. The highest BCUT2D eigenvalue weighted by atomic mass is 35.5. The lowest BCUT2D eigenvalue weighted by Crippen LogP contribution is -2.24. The van der Waals surface area contributed by atoms with E-state index in [0.29, 0.717) is 15.0 Å². The van der Waals surface area contributed by atoms with E-state index in [9.17, 15) is 4.79 Å². The Morgan fingerprint density at radius 2 is 2.11 bits per heavy atom. The summed E-state index contributed by atoms with van der Waals surface area (Å²) in [4.78, 5) is 12.4. The topological polar surface area (TPSA) is 53.5 Å². The number of halogens is 2. The van der Waals surface area contributed by atoms with Gasteiger partial charge in [-0.1, -0.05) is 29.3 Å². The van der Waals surface area contributed by atoms with Crippen molar-refractivity contribution in [2.75, 3.05) is 5.32 Å². The fourth-order valence-corrected chi connectivity index (χ4v) is 2.40. The lowest BCUT2D eigenvalue weighted by molar-refractivity contribution is 0.252. The lowest BCUT2D eigenvalue weighted by Gasteiger charge is -2.03. The van der Waals surface area contributed by atoms with E-state index in [0.717, 1.165) is 4.88 Å². The minimum absolute atomic E-state index is 0.443. The number of hydrazone groups is 1. The summed E-state index contributed by atoms with van der Waals surface area (Å²) in [6, 6.07) is 9.98. The molecule has 0 radical (unpaired) electrons. The first kappa shape index (κ1) is 13.9. The Kier molecular flexibility index (Phi) is 4.79. The van der Waals surface area contributed by atoms with Gasteiger partial charge in [0.1, 0.15) is 0 Å². The number of carbonyl (C=O) groups is 1. The van der Waals surface area contributed by atoms with Crippen molar-refractivity contribution in [3.63, 3.8) is 0 Å². The molecule has 0 aliphatic heterocycles. The van der Waals surface area contributed by atoms with Crippen LogP contribution < -0.4 is 10.7 Å². The Morgan fingerprint density at radius 1 is 1.26 bits per heavy atom. The van der Waals surface area contributed by atoms with Crippen molar-refractivity contribution in [2.45, 2.75) is 0 Å². The minimum Gasteiger partial charge on any atom is -0.306 e. The Bertz CT molecular complexity index is 613. The maximum atomic E-state index is 11.5. The molecule has 0 aliphatic carbocycles. The molecule has 0 atom stereocenters. The van der Waals surface area contributed by atoms with Gasteiger partial charge in [-0.25, -0.2) is 10.2 Å². The van der Waals surface area contributed by atoms with Crippen molar-refractivity contribution in [3.8, 4) is 0 Å². The molecule has 98 valence electrons. The normalized spacial score (nSPS) is 10.6. The predicted octanol–water partition coefficient (Wildman–Crippen LogP) is 4.21. The van der Waals surface area contributed by atoms with E-state index in [2.05, 4.69) is 15.8 Å². The molecule has 2 amide bonds. The minimum atomic E-state index is -0.443. The number of benzene rings is 1. The van der Waals surface area contributed by atoms with Crippen LogP contribution in [-0.4, -0.2) is 12.2 Å². The third-order valence-electron chi connectivity index (χ3n) is 2.03. The first-order chi connectivity index (χ1) is 9.13. The van der Waals surface area contributed by atoms with Gasteiger partial charge in [0.2, 0.25) is 0 Å². The van der Waals surface area contributed by atoms with Crippen LogP contribution in [0, 0.1) is 0 Å². The average Bonchev–Trinajstić information content (AvgIpc) is 2.75. The second kappa shape index (κ2) is 6.56. The molecule has 0 spiro atoms. The third-order valence-corrected chi connectivity index (χ3v) is 3.44. The van der Waals surface area contributed by atoms with Crippen LogP contribution in [0.15, 0.2) is 41.5 Å². The van der Waals surface area contributed by atoms with Gasteiger partial charge in [-0.15, -0.1) is 11.3 Å². The van der Waals surface area contributed by atoms with Gasteiger partial charge in [0.15, 0.2) is 0 Å². The molecular weight excluding hydrogens is 305 g/mol. The molecule has 2 N–H and O–H groups in total. The van der Waals surface area contributed by atoms with Crippen LogP contribution in [0.3, 0.4) is 0 Å². The van der Waals surface area contributed by atoms with Crippen molar-refractivity contribution in [1.29, 1.82) is 0 Å². The van der Waals surface area contributed by atoms with Gasteiger partial charge in [-0.3, -0.25) is 0 Å². The smallest absolute Gasteiger partial charge is 0.306 e. The fourth-order valence-electron chi connectivity index (χ4n) is 1.28. The van der Waals surface area contributed by atoms with Gasteiger partial charge >= 0.3 is 6.03 Å². The molecule has 2 aromatic rings. The van der Waals surface area contributed by atoms with Gasteiger partial charge in [0.25, 0.3) is 0 Å². The SMILES string of the molecule is O=C(N/N=C/c1ccc(Cl)s1)Nc1cccc(Cl)c1. The van der Waals surface area contributed by atoms with Gasteiger partial charge in [-0.05, 0) is 30.3 Å². The molecule has 4 nitrogen and oxygen atoms in total. The molecule has 2 rings (SSSR count).